The highest BCUT2D eigenvalue weighted by Gasteiger charge is 2.40. The monoisotopic (exact) mass is 308 g/mol. The van der Waals surface area contributed by atoms with Gasteiger partial charge in [0.1, 0.15) is 0 Å². The second-order valence-electron chi connectivity index (χ2n) is 6.53. The molecule has 2 fully saturated rings. The summed E-state index contributed by atoms with van der Waals surface area (Å²) in [5, 5.41) is 0. The number of rotatable bonds is 5. The molecule has 2 rings (SSSR count). The van der Waals surface area contributed by atoms with Crippen molar-refractivity contribution in [2.24, 2.45) is 5.92 Å². The van der Waals surface area contributed by atoms with E-state index in [0.717, 1.165) is 26.1 Å². The number of alkyl halides is 3. The van der Waals surface area contributed by atoms with E-state index in [-0.39, 0.29) is 12.8 Å². The fraction of sp³-hybridized carbons (Fsp3) is 1.00. The Morgan fingerprint density at radius 3 is 2.29 bits per heavy atom. The zero-order valence-electron chi connectivity index (χ0n) is 13.0. The number of piperidine rings is 1. The first-order chi connectivity index (χ1) is 9.86. The summed E-state index contributed by atoms with van der Waals surface area (Å²) < 4.78 is 43.6. The maximum absolute atomic E-state index is 12.6. The molecule has 3 nitrogen and oxygen atoms in total. The van der Waals surface area contributed by atoms with Crippen molar-refractivity contribution in [1.29, 1.82) is 0 Å². The standard InChI is InChI=1S/C15H27F3N2O/c1-12(2)20-8-5-14(11-20)21-10-9-19-6-3-13(4-7-19)15(16,17)18/h12-14H,3-11H2,1-2H3. The van der Waals surface area contributed by atoms with E-state index in [1.807, 2.05) is 0 Å². The first kappa shape index (κ1) is 17.0. The quantitative estimate of drug-likeness (QED) is 0.777. The third-order valence-corrected chi connectivity index (χ3v) is 4.72. The number of hydrogen-bond donors (Lipinski definition) is 0. The van der Waals surface area contributed by atoms with E-state index in [1.165, 1.54) is 0 Å². The fourth-order valence-corrected chi connectivity index (χ4v) is 3.19. The number of nitrogens with zero attached hydrogens (tertiary/aromatic N) is 2. The Balaban J connectivity index is 1.59. The van der Waals surface area contributed by atoms with Crippen molar-refractivity contribution in [1.82, 2.24) is 9.80 Å². The van der Waals surface area contributed by atoms with Gasteiger partial charge in [0.2, 0.25) is 0 Å². The van der Waals surface area contributed by atoms with Gasteiger partial charge in [0.05, 0.1) is 18.6 Å². The lowest BCUT2D eigenvalue weighted by Gasteiger charge is -2.32. The SMILES string of the molecule is CC(C)N1CCC(OCCN2CCC(C(F)(F)F)CC2)C1. The first-order valence-electron chi connectivity index (χ1n) is 8.01. The van der Waals surface area contributed by atoms with Crippen molar-refractivity contribution in [3.05, 3.63) is 0 Å². The Bertz CT molecular complexity index is 315. The van der Waals surface area contributed by atoms with Crippen LogP contribution >= 0.6 is 0 Å². The lowest BCUT2D eigenvalue weighted by atomic mass is 9.96. The molecule has 124 valence electrons. The summed E-state index contributed by atoms with van der Waals surface area (Å²) >= 11 is 0. The molecule has 1 unspecified atom stereocenters. The van der Waals surface area contributed by atoms with Gasteiger partial charge in [0.25, 0.3) is 0 Å². The Morgan fingerprint density at radius 2 is 1.76 bits per heavy atom. The minimum absolute atomic E-state index is 0.230. The van der Waals surface area contributed by atoms with Crippen molar-refractivity contribution in [3.63, 3.8) is 0 Å². The maximum Gasteiger partial charge on any atom is 0.391 e. The second-order valence-corrected chi connectivity index (χ2v) is 6.53. The second kappa shape index (κ2) is 7.29. The largest absolute Gasteiger partial charge is 0.391 e. The van der Waals surface area contributed by atoms with E-state index < -0.39 is 12.1 Å². The average Bonchev–Trinajstić information content (AvgIpc) is 2.87. The van der Waals surface area contributed by atoms with Crippen LogP contribution in [0.4, 0.5) is 13.2 Å². The van der Waals surface area contributed by atoms with Gasteiger partial charge in [-0.2, -0.15) is 13.2 Å². The molecule has 2 heterocycles. The van der Waals surface area contributed by atoms with Gasteiger partial charge in [-0.3, -0.25) is 4.90 Å². The maximum atomic E-state index is 12.6. The van der Waals surface area contributed by atoms with Gasteiger partial charge in [-0.1, -0.05) is 0 Å². The number of ether oxygens (including phenoxy) is 1. The van der Waals surface area contributed by atoms with Crippen LogP contribution in [0.5, 0.6) is 0 Å². The molecular formula is C15H27F3N2O. The molecule has 0 bridgehead atoms. The van der Waals surface area contributed by atoms with E-state index in [1.54, 1.807) is 0 Å². The molecule has 0 aromatic heterocycles. The number of halogens is 3. The molecule has 0 aliphatic carbocycles. The summed E-state index contributed by atoms with van der Waals surface area (Å²) in [6.07, 6.45) is -2.21. The van der Waals surface area contributed by atoms with Gasteiger partial charge in [0, 0.05) is 25.7 Å². The molecular weight excluding hydrogens is 281 g/mol. The van der Waals surface area contributed by atoms with Crippen molar-refractivity contribution in [2.75, 3.05) is 39.3 Å². The van der Waals surface area contributed by atoms with E-state index in [2.05, 4.69) is 23.6 Å². The molecule has 0 spiro atoms. The fourth-order valence-electron chi connectivity index (χ4n) is 3.19. The van der Waals surface area contributed by atoms with Gasteiger partial charge in [-0.05, 0) is 46.2 Å². The van der Waals surface area contributed by atoms with Crippen LogP contribution in [0.25, 0.3) is 0 Å². The van der Waals surface area contributed by atoms with Crippen molar-refractivity contribution >= 4 is 0 Å². The molecule has 0 saturated carbocycles. The van der Waals surface area contributed by atoms with Gasteiger partial charge >= 0.3 is 6.18 Å². The molecule has 0 radical (unpaired) electrons. The van der Waals surface area contributed by atoms with Crippen molar-refractivity contribution in [2.45, 2.75) is 51.4 Å². The van der Waals surface area contributed by atoms with Crippen LogP contribution in [0.3, 0.4) is 0 Å². The van der Waals surface area contributed by atoms with Crippen LogP contribution in [0.2, 0.25) is 0 Å². The Hall–Kier alpha value is -0.330. The predicted octanol–water partition coefficient (Wildman–Crippen LogP) is 2.76. The summed E-state index contributed by atoms with van der Waals surface area (Å²) in [5.41, 5.74) is 0. The van der Waals surface area contributed by atoms with Gasteiger partial charge in [-0.15, -0.1) is 0 Å². The van der Waals surface area contributed by atoms with E-state index >= 15 is 0 Å². The normalized spacial score (nSPS) is 26.9. The molecule has 0 N–H and O–H groups in total. The lowest BCUT2D eigenvalue weighted by molar-refractivity contribution is -0.185. The van der Waals surface area contributed by atoms with Crippen LogP contribution in [0.1, 0.15) is 33.1 Å². The topological polar surface area (TPSA) is 15.7 Å². The third-order valence-electron chi connectivity index (χ3n) is 4.72. The van der Waals surface area contributed by atoms with Crippen LogP contribution in [0, 0.1) is 5.92 Å². The molecule has 21 heavy (non-hydrogen) atoms. The zero-order valence-corrected chi connectivity index (χ0v) is 13.0. The van der Waals surface area contributed by atoms with Crippen molar-refractivity contribution < 1.29 is 17.9 Å². The molecule has 1 atom stereocenters. The molecule has 6 heteroatoms. The average molecular weight is 308 g/mol. The van der Waals surface area contributed by atoms with E-state index in [9.17, 15) is 13.2 Å². The first-order valence-corrected chi connectivity index (χ1v) is 8.01. The van der Waals surface area contributed by atoms with Gasteiger partial charge in [0.15, 0.2) is 0 Å². The van der Waals surface area contributed by atoms with E-state index in [0.29, 0.717) is 31.8 Å². The van der Waals surface area contributed by atoms with Crippen molar-refractivity contribution in [3.8, 4) is 0 Å². The lowest BCUT2D eigenvalue weighted by Crippen LogP contribution is -2.40. The van der Waals surface area contributed by atoms with E-state index in [4.69, 9.17) is 4.74 Å². The molecule has 2 saturated heterocycles. The highest BCUT2D eigenvalue weighted by atomic mass is 19.4. The summed E-state index contributed by atoms with van der Waals surface area (Å²) in [6, 6.07) is 0.556. The highest BCUT2D eigenvalue weighted by molar-refractivity contribution is 4.79. The summed E-state index contributed by atoms with van der Waals surface area (Å²) in [4.78, 5) is 4.50. The summed E-state index contributed by atoms with van der Waals surface area (Å²) in [6.45, 7) is 8.90. The third kappa shape index (κ3) is 5.11. The van der Waals surface area contributed by atoms with Gasteiger partial charge < -0.3 is 9.64 Å². The molecule has 0 amide bonds. The number of likely N-dealkylation sites (tertiary alicyclic amines) is 2. The van der Waals surface area contributed by atoms with Crippen LogP contribution < -0.4 is 0 Å². The minimum Gasteiger partial charge on any atom is -0.376 e. The molecule has 0 aromatic rings. The number of hydrogen-bond acceptors (Lipinski definition) is 3. The molecule has 2 aliphatic heterocycles. The van der Waals surface area contributed by atoms with Crippen LogP contribution in [-0.4, -0.2) is 67.5 Å². The zero-order chi connectivity index (χ0) is 15.5. The summed E-state index contributed by atoms with van der Waals surface area (Å²) in [7, 11) is 0. The Kier molecular flexibility index (Phi) is 5.91. The predicted molar refractivity (Wildman–Crippen MR) is 76.3 cm³/mol. The van der Waals surface area contributed by atoms with Crippen LogP contribution in [0.15, 0.2) is 0 Å². The van der Waals surface area contributed by atoms with Gasteiger partial charge in [-0.25, -0.2) is 0 Å². The Labute approximate surface area is 125 Å². The molecule has 2 aliphatic rings. The molecule has 0 aromatic carbocycles. The highest BCUT2D eigenvalue weighted by Crippen LogP contribution is 2.33. The summed E-state index contributed by atoms with van der Waals surface area (Å²) in [5.74, 6) is -1.11. The Morgan fingerprint density at radius 1 is 1.10 bits per heavy atom. The van der Waals surface area contributed by atoms with Crippen LogP contribution in [-0.2, 0) is 4.74 Å². The smallest absolute Gasteiger partial charge is 0.376 e. The minimum atomic E-state index is -4.02.